The molecule has 0 radical (unpaired) electrons. The van der Waals surface area contributed by atoms with E-state index in [1.54, 1.807) is 0 Å². The van der Waals surface area contributed by atoms with Crippen LogP contribution in [0.15, 0.2) is 0 Å². The first-order valence-electron chi connectivity index (χ1n) is 6.97. The highest BCUT2D eigenvalue weighted by Crippen LogP contribution is 2.29. The van der Waals surface area contributed by atoms with E-state index in [-0.39, 0.29) is 6.17 Å². The second kappa shape index (κ2) is 7.17. The Hall–Kier alpha value is 1.05. The Labute approximate surface area is 137 Å². The minimum atomic E-state index is 0.181. The summed E-state index contributed by atoms with van der Waals surface area (Å²) in [5, 5.41) is 0. The molecule has 3 N–H and O–H groups in total. The van der Waals surface area contributed by atoms with Crippen molar-refractivity contribution in [1.29, 1.82) is 0 Å². The van der Waals surface area contributed by atoms with Crippen LogP contribution in [0.2, 0.25) is 0 Å². The van der Waals surface area contributed by atoms with Gasteiger partial charge in [-0.25, -0.2) is 0 Å². The monoisotopic (exact) mass is 477 g/mol. The molecule has 0 aromatic rings. The summed E-state index contributed by atoms with van der Waals surface area (Å²) in [6, 6.07) is 0. The van der Waals surface area contributed by atoms with Gasteiger partial charge in [-0.1, -0.05) is 45.2 Å². The molecule has 2 aliphatic rings. The average molecular weight is 477 g/mol. The fraction of sp³-hybridized carbons (Fsp3) is 0.923. The van der Waals surface area contributed by atoms with Crippen LogP contribution in [0.25, 0.3) is 0 Å². The van der Waals surface area contributed by atoms with Gasteiger partial charge in [0.25, 0.3) is 0 Å². The third-order valence-electron chi connectivity index (χ3n) is 4.31. The summed E-state index contributed by atoms with van der Waals surface area (Å²) in [6.07, 6.45) is 7.09. The van der Waals surface area contributed by atoms with Crippen LogP contribution in [0.3, 0.4) is 0 Å². The summed E-state index contributed by atoms with van der Waals surface area (Å²) in [5.74, 6) is 0.791. The predicted octanol–water partition coefficient (Wildman–Crippen LogP) is 1.32. The van der Waals surface area contributed by atoms with Crippen LogP contribution in [0.4, 0.5) is 0 Å². The van der Waals surface area contributed by atoms with E-state index < -0.39 is 0 Å². The van der Waals surface area contributed by atoms with Gasteiger partial charge in [0.05, 0.1) is 10.5 Å². The zero-order valence-electron chi connectivity index (χ0n) is 10.7. The lowest BCUT2D eigenvalue weighted by Crippen LogP contribution is -3.20. The Morgan fingerprint density at radius 3 is 2.33 bits per heavy atom. The maximum absolute atomic E-state index is 12.3. The molecule has 1 heterocycles. The Kier molecular flexibility index (Phi) is 6.15. The Morgan fingerprint density at radius 1 is 1.06 bits per heavy atom. The van der Waals surface area contributed by atoms with Gasteiger partial charge in [-0.15, -0.1) is 0 Å². The SMILES string of the molecule is NC1CCC(I)C[NH+]1CC(=O)C1CCC(I)CC1. The van der Waals surface area contributed by atoms with Gasteiger partial charge < -0.3 is 4.90 Å². The van der Waals surface area contributed by atoms with E-state index in [9.17, 15) is 4.79 Å². The maximum atomic E-state index is 12.3. The quantitative estimate of drug-likeness (QED) is 0.476. The molecule has 104 valence electrons. The molecule has 0 aromatic heterocycles. The lowest BCUT2D eigenvalue weighted by molar-refractivity contribution is -0.921. The number of hydrogen-bond acceptors (Lipinski definition) is 2. The topological polar surface area (TPSA) is 47.5 Å². The zero-order chi connectivity index (χ0) is 13.1. The minimum absolute atomic E-state index is 0.181. The number of piperidine rings is 1. The molecule has 1 aliphatic carbocycles. The molecule has 1 aliphatic heterocycles. The van der Waals surface area contributed by atoms with Crippen molar-refractivity contribution in [2.45, 2.75) is 52.5 Å². The summed E-state index contributed by atoms with van der Waals surface area (Å²) in [5.41, 5.74) is 6.15. The second-order valence-electron chi connectivity index (χ2n) is 5.74. The first-order chi connectivity index (χ1) is 8.56. The molecule has 0 amide bonds. The summed E-state index contributed by atoms with van der Waals surface area (Å²) in [4.78, 5) is 13.7. The van der Waals surface area contributed by atoms with Crippen molar-refractivity contribution in [3.63, 3.8) is 0 Å². The predicted molar refractivity (Wildman–Crippen MR) is 90.5 cm³/mol. The van der Waals surface area contributed by atoms with Crippen LogP contribution in [0, 0.1) is 5.92 Å². The van der Waals surface area contributed by atoms with Gasteiger partial charge in [0.2, 0.25) is 0 Å². The Morgan fingerprint density at radius 2 is 1.67 bits per heavy atom. The molecule has 0 spiro atoms. The van der Waals surface area contributed by atoms with Gasteiger partial charge in [-0.3, -0.25) is 10.5 Å². The first-order valence-corrected chi connectivity index (χ1v) is 9.46. The van der Waals surface area contributed by atoms with Crippen molar-refractivity contribution in [2.75, 3.05) is 13.1 Å². The van der Waals surface area contributed by atoms with Crippen molar-refractivity contribution in [1.82, 2.24) is 0 Å². The maximum Gasteiger partial charge on any atom is 0.189 e. The smallest absolute Gasteiger partial charge is 0.189 e. The summed E-state index contributed by atoms with van der Waals surface area (Å²) in [7, 11) is 0. The number of likely N-dealkylation sites (tertiary alicyclic amines) is 1. The highest BCUT2D eigenvalue weighted by molar-refractivity contribution is 14.1. The van der Waals surface area contributed by atoms with E-state index in [1.807, 2.05) is 0 Å². The number of rotatable bonds is 3. The number of carbonyl (C=O) groups is 1. The molecular formula is C13H23I2N2O+. The number of quaternary nitrogens is 1. The Bertz CT molecular complexity index is 293. The molecule has 0 bridgehead atoms. The minimum Gasteiger partial charge on any atom is -0.313 e. The molecule has 2 fully saturated rings. The van der Waals surface area contributed by atoms with Gasteiger partial charge in [0.15, 0.2) is 5.78 Å². The lowest BCUT2D eigenvalue weighted by Gasteiger charge is -2.33. The molecule has 0 aromatic carbocycles. The zero-order valence-corrected chi connectivity index (χ0v) is 15.0. The second-order valence-corrected chi connectivity index (χ2v) is 9.26. The molecule has 2 rings (SSSR count). The third-order valence-corrected chi connectivity index (χ3v) is 6.62. The first kappa shape index (κ1) is 15.4. The number of ketones is 1. The van der Waals surface area contributed by atoms with Gasteiger partial charge in [-0.05, 0) is 32.1 Å². The van der Waals surface area contributed by atoms with E-state index >= 15 is 0 Å². The van der Waals surface area contributed by atoms with Crippen molar-refractivity contribution in [3.05, 3.63) is 0 Å². The fourth-order valence-corrected chi connectivity index (χ4v) is 4.69. The van der Waals surface area contributed by atoms with Gasteiger partial charge in [-0.2, -0.15) is 0 Å². The van der Waals surface area contributed by atoms with E-state index in [0.717, 1.165) is 29.7 Å². The molecule has 3 nitrogen and oxygen atoms in total. The standard InChI is InChI=1S/C13H22I2N2O/c14-10-3-1-9(2-4-10)12(18)8-17-7-11(15)5-6-13(17)16/h9-11,13H,1-8,16H2/p+1. The number of carbonyl (C=O) groups excluding carboxylic acids is 1. The van der Waals surface area contributed by atoms with Crippen LogP contribution in [-0.4, -0.2) is 32.9 Å². The number of hydrogen-bond donors (Lipinski definition) is 2. The molecule has 18 heavy (non-hydrogen) atoms. The number of halogens is 2. The highest BCUT2D eigenvalue weighted by Gasteiger charge is 2.32. The molecular weight excluding hydrogens is 454 g/mol. The van der Waals surface area contributed by atoms with Gasteiger partial charge in [0, 0.05) is 16.3 Å². The highest BCUT2D eigenvalue weighted by atomic mass is 127. The van der Waals surface area contributed by atoms with E-state index in [4.69, 9.17) is 5.73 Å². The summed E-state index contributed by atoms with van der Waals surface area (Å²) >= 11 is 5.01. The number of nitrogens with two attached hydrogens (primary N) is 1. The van der Waals surface area contributed by atoms with Crippen molar-refractivity contribution >= 4 is 51.0 Å². The fourth-order valence-electron chi connectivity index (χ4n) is 3.05. The van der Waals surface area contributed by atoms with Crippen molar-refractivity contribution in [3.8, 4) is 0 Å². The van der Waals surface area contributed by atoms with Crippen molar-refractivity contribution in [2.24, 2.45) is 11.7 Å². The van der Waals surface area contributed by atoms with Crippen molar-refractivity contribution < 1.29 is 9.69 Å². The number of alkyl halides is 2. The summed E-state index contributed by atoms with van der Waals surface area (Å²) in [6.45, 7) is 1.73. The van der Waals surface area contributed by atoms with Crippen LogP contribution in [0.5, 0.6) is 0 Å². The Balaban J connectivity index is 1.82. The normalized spacial score (nSPS) is 41.6. The summed E-state index contributed by atoms with van der Waals surface area (Å²) < 4.78 is 1.48. The molecule has 1 saturated heterocycles. The largest absolute Gasteiger partial charge is 0.313 e. The van der Waals surface area contributed by atoms with Crippen LogP contribution in [0.1, 0.15) is 38.5 Å². The van der Waals surface area contributed by atoms with Gasteiger partial charge >= 0.3 is 0 Å². The molecule has 1 saturated carbocycles. The van der Waals surface area contributed by atoms with Crippen LogP contribution < -0.4 is 10.6 Å². The van der Waals surface area contributed by atoms with Gasteiger partial charge in [0.1, 0.15) is 12.7 Å². The average Bonchev–Trinajstić information content (AvgIpc) is 2.34. The van der Waals surface area contributed by atoms with E-state index in [0.29, 0.717) is 22.2 Å². The molecule has 3 unspecified atom stereocenters. The third kappa shape index (κ3) is 4.28. The van der Waals surface area contributed by atoms with Crippen LogP contribution >= 0.6 is 45.2 Å². The molecule has 3 atom stereocenters. The number of Topliss-reactive ketones (excluding diaryl/α,β-unsaturated/α-hetero) is 1. The lowest BCUT2D eigenvalue weighted by atomic mass is 9.86. The number of nitrogens with one attached hydrogen (secondary N) is 1. The molecule has 5 heteroatoms. The van der Waals surface area contributed by atoms with E-state index in [1.165, 1.54) is 24.2 Å². The van der Waals surface area contributed by atoms with E-state index in [2.05, 4.69) is 45.2 Å². The van der Waals surface area contributed by atoms with Crippen LogP contribution in [-0.2, 0) is 4.79 Å².